The smallest absolute Gasteiger partial charge is 0.0863 e. The molecule has 2 nitrogen and oxygen atoms in total. The molecule has 1 radical (unpaired) electrons. The Balaban J connectivity index is 1.39. The molecule has 0 aromatic carbocycles. The summed E-state index contributed by atoms with van der Waals surface area (Å²) in [7, 11) is 0. The van der Waals surface area contributed by atoms with Gasteiger partial charge >= 0.3 is 0 Å². The van der Waals surface area contributed by atoms with Crippen molar-refractivity contribution in [1.29, 1.82) is 0 Å². The third-order valence-electron chi connectivity index (χ3n) is 3.23. The van der Waals surface area contributed by atoms with Crippen LogP contribution in [0.15, 0.2) is 0 Å². The Hall–Kier alpha value is -0.0800. The second kappa shape index (κ2) is 5.72. The highest BCUT2D eigenvalue weighted by atomic mass is 16.5. The van der Waals surface area contributed by atoms with Crippen LogP contribution in [-0.4, -0.2) is 18.8 Å². The lowest BCUT2D eigenvalue weighted by Gasteiger charge is -2.25. The predicted molar refractivity (Wildman–Crippen MR) is 55.8 cm³/mol. The van der Waals surface area contributed by atoms with Gasteiger partial charge in [0.2, 0.25) is 0 Å². The molecule has 0 spiro atoms. The summed E-state index contributed by atoms with van der Waals surface area (Å²) in [6.45, 7) is 2.80. The molecule has 0 unspecified atom stereocenters. The van der Waals surface area contributed by atoms with E-state index < -0.39 is 0 Å². The molecular weight excluding hydrogens is 176 g/mol. The van der Waals surface area contributed by atoms with Crippen molar-refractivity contribution in [2.24, 2.45) is 0 Å². The quantitative estimate of drug-likeness (QED) is 0.609. The van der Waals surface area contributed by atoms with Gasteiger partial charge in [0.1, 0.15) is 0 Å². The van der Waals surface area contributed by atoms with Gasteiger partial charge in [-0.1, -0.05) is 12.8 Å². The van der Waals surface area contributed by atoms with Crippen molar-refractivity contribution < 1.29 is 9.47 Å². The molecule has 14 heavy (non-hydrogen) atoms. The zero-order valence-corrected chi connectivity index (χ0v) is 8.91. The van der Waals surface area contributed by atoms with E-state index in [2.05, 4.69) is 0 Å². The van der Waals surface area contributed by atoms with Crippen LogP contribution in [-0.2, 0) is 9.47 Å². The summed E-state index contributed by atoms with van der Waals surface area (Å²) in [5, 5.41) is 0. The first-order valence-corrected chi connectivity index (χ1v) is 6.04. The van der Waals surface area contributed by atoms with Gasteiger partial charge in [-0.05, 0) is 38.5 Å². The van der Waals surface area contributed by atoms with E-state index in [-0.39, 0.29) is 0 Å². The Morgan fingerprint density at radius 1 is 0.929 bits per heavy atom. The summed E-state index contributed by atoms with van der Waals surface area (Å²) in [6, 6.07) is 0. The minimum atomic E-state index is 0.513. The first kappa shape index (κ1) is 10.4. The Morgan fingerprint density at radius 2 is 1.64 bits per heavy atom. The second-order valence-electron chi connectivity index (χ2n) is 4.42. The van der Waals surface area contributed by atoms with Gasteiger partial charge in [-0.25, -0.2) is 0 Å². The van der Waals surface area contributed by atoms with Crippen molar-refractivity contribution in [3.05, 3.63) is 6.61 Å². The van der Waals surface area contributed by atoms with Gasteiger partial charge in [0.25, 0.3) is 0 Å². The van der Waals surface area contributed by atoms with Crippen molar-refractivity contribution in [2.75, 3.05) is 6.61 Å². The third-order valence-corrected chi connectivity index (χ3v) is 3.23. The van der Waals surface area contributed by atoms with Crippen LogP contribution < -0.4 is 0 Å². The maximum atomic E-state index is 5.63. The molecule has 2 rings (SSSR count). The molecular formula is C12H21O2. The van der Waals surface area contributed by atoms with Crippen molar-refractivity contribution in [3.63, 3.8) is 0 Å². The molecule has 2 saturated carbocycles. The predicted octanol–water partition coefficient (Wildman–Crippen LogP) is 3.07. The first-order valence-electron chi connectivity index (χ1n) is 6.04. The highest BCUT2D eigenvalue weighted by molar-refractivity contribution is 4.70. The van der Waals surface area contributed by atoms with Gasteiger partial charge in [-0.3, -0.25) is 0 Å². The summed E-state index contributed by atoms with van der Waals surface area (Å²) >= 11 is 0. The molecule has 0 heterocycles. The highest BCUT2D eigenvalue weighted by Crippen LogP contribution is 2.23. The number of rotatable bonds is 6. The summed E-state index contributed by atoms with van der Waals surface area (Å²) in [5.74, 6) is 0. The van der Waals surface area contributed by atoms with Gasteiger partial charge < -0.3 is 9.47 Å². The minimum absolute atomic E-state index is 0.513. The molecule has 0 N–H and O–H groups in total. The lowest BCUT2D eigenvalue weighted by atomic mass is 9.96. The van der Waals surface area contributed by atoms with Crippen molar-refractivity contribution in [3.8, 4) is 0 Å². The fourth-order valence-corrected chi connectivity index (χ4v) is 2.05. The van der Waals surface area contributed by atoms with Gasteiger partial charge in [0, 0.05) is 6.61 Å². The first-order chi connectivity index (χ1) is 6.95. The third kappa shape index (κ3) is 3.25. The van der Waals surface area contributed by atoms with E-state index >= 15 is 0 Å². The molecule has 0 aromatic rings. The Morgan fingerprint density at radius 3 is 2.29 bits per heavy atom. The monoisotopic (exact) mass is 197 g/mol. The standard InChI is InChI=1S/C12H21O2/c1-2-6-11(5-1)13-9-4-10-14-12-7-3-8-12/h9,11-12H,1-8,10H2. The Kier molecular flexibility index (Phi) is 4.26. The molecule has 2 aliphatic rings. The molecule has 0 aliphatic heterocycles. The summed E-state index contributed by atoms with van der Waals surface area (Å²) < 4.78 is 11.3. The fourth-order valence-electron chi connectivity index (χ4n) is 2.05. The summed E-state index contributed by atoms with van der Waals surface area (Å²) in [4.78, 5) is 0. The van der Waals surface area contributed by atoms with E-state index in [1.165, 1.54) is 44.9 Å². The minimum Gasteiger partial charge on any atom is -0.378 e. The molecule has 0 bridgehead atoms. The number of ether oxygens (including phenoxy) is 2. The van der Waals surface area contributed by atoms with Gasteiger partial charge in [0.15, 0.2) is 0 Å². The molecule has 0 saturated heterocycles. The van der Waals surface area contributed by atoms with E-state index in [1.54, 1.807) is 0 Å². The van der Waals surface area contributed by atoms with Crippen LogP contribution in [0.4, 0.5) is 0 Å². The van der Waals surface area contributed by atoms with Gasteiger partial charge in [0.05, 0.1) is 18.8 Å². The average Bonchev–Trinajstić information content (AvgIpc) is 2.60. The lowest BCUT2D eigenvalue weighted by Crippen LogP contribution is -2.22. The van der Waals surface area contributed by atoms with Crippen molar-refractivity contribution in [2.45, 2.75) is 63.6 Å². The Bertz CT molecular complexity index is 148. The molecule has 0 amide bonds. The van der Waals surface area contributed by atoms with Crippen LogP contribution in [0.3, 0.4) is 0 Å². The molecule has 0 aromatic heterocycles. The van der Waals surface area contributed by atoms with Crippen LogP contribution in [0.5, 0.6) is 0 Å². The number of hydrogen-bond acceptors (Lipinski definition) is 2. The lowest BCUT2D eigenvalue weighted by molar-refractivity contribution is -0.00490. The normalized spacial score (nSPS) is 24.0. The van der Waals surface area contributed by atoms with Crippen LogP contribution in [0.1, 0.15) is 51.4 Å². The van der Waals surface area contributed by atoms with E-state index in [1.807, 2.05) is 6.61 Å². The summed E-state index contributed by atoms with van der Waals surface area (Å²) in [5.41, 5.74) is 0. The van der Waals surface area contributed by atoms with Gasteiger partial charge in [-0.2, -0.15) is 0 Å². The second-order valence-corrected chi connectivity index (χ2v) is 4.42. The average molecular weight is 197 g/mol. The Labute approximate surface area is 87.0 Å². The van der Waals surface area contributed by atoms with Crippen LogP contribution >= 0.6 is 0 Å². The zero-order valence-electron chi connectivity index (χ0n) is 8.91. The summed E-state index contributed by atoms with van der Waals surface area (Å²) in [6.07, 6.45) is 11.1. The largest absolute Gasteiger partial charge is 0.378 e. The van der Waals surface area contributed by atoms with Crippen molar-refractivity contribution in [1.82, 2.24) is 0 Å². The molecule has 0 atom stereocenters. The number of hydrogen-bond donors (Lipinski definition) is 0. The zero-order chi connectivity index (χ0) is 9.64. The molecule has 2 fully saturated rings. The molecule has 81 valence electrons. The SMILES string of the molecule is [CH](CCOC1CCC1)OC1CCCC1. The maximum Gasteiger partial charge on any atom is 0.0863 e. The van der Waals surface area contributed by atoms with E-state index in [9.17, 15) is 0 Å². The van der Waals surface area contributed by atoms with Crippen LogP contribution in [0, 0.1) is 6.61 Å². The van der Waals surface area contributed by atoms with Crippen LogP contribution in [0.25, 0.3) is 0 Å². The fraction of sp³-hybridized carbons (Fsp3) is 0.917. The van der Waals surface area contributed by atoms with E-state index in [0.717, 1.165) is 13.0 Å². The van der Waals surface area contributed by atoms with E-state index in [4.69, 9.17) is 9.47 Å². The maximum absolute atomic E-state index is 5.63. The molecule has 2 aliphatic carbocycles. The van der Waals surface area contributed by atoms with Crippen LogP contribution in [0.2, 0.25) is 0 Å². The molecule has 2 heteroatoms. The van der Waals surface area contributed by atoms with E-state index in [0.29, 0.717) is 12.2 Å². The van der Waals surface area contributed by atoms with Gasteiger partial charge in [-0.15, -0.1) is 0 Å². The topological polar surface area (TPSA) is 18.5 Å². The highest BCUT2D eigenvalue weighted by Gasteiger charge is 2.18. The van der Waals surface area contributed by atoms with Crippen molar-refractivity contribution >= 4 is 0 Å².